The summed E-state index contributed by atoms with van der Waals surface area (Å²) in [5.74, 6) is -0.608. The Hall–Kier alpha value is -3.05. The number of hydrogen-bond acceptors (Lipinski definition) is 7. The van der Waals surface area contributed by atoms with E-state index in [4.69, 9.17) is 11.8 Å². The lowest BCUT2D eigenvalue weighted by Gasteiger charge is -2.07. The summed E-state index contributed by atoms with van der Waals surface area (Å²) >= 11 is 7.38. The fourth-order valence-corrected chi connectivity index (χ4v) is 3.74. The van der Waals surface area contributed by atoms with Crippen LogP contribution in [-0.4, -0.2) is 33.5 Å². The van der Waals surface area contributed by atoms with Crippen LogP contribution in [0.4, 0.5) is 24.3 Å². The molecule has 0 spiro atoms. The molecule has 1 N–H and O–H groups in total. The van der Waals surface area contributed by atoms with Crippen LogP contribution in [0.25, 0.3) is 21.3 Å². The molecule has 0 bridgehead atoms. The highest BCUT2D eigenvalue weighted by molar-refractivity contribution is 7.22. The monoisotopic (exact) mass is 442 g/mol. The molecule has 0 aliphatic rings. The van der Waals surface area contributed by atoms with Crippen molar-refractivity contribution < 1.29 is 27.4 Å². The van der Waals surface area contributed by atoms with Crippen LogP contribution in [-0.2, 0) is 4.74 Å². The molecular weight excluding hydrogens is 433 g/mol. The number of hydrogen-bond donors (Lipinski definition) is 1. The Kier molecular flexibility index (Phi) is 4.71. The van der Waals surface area contributed by atoms with E-state index in [1.807, 2.05) is 0 Å². The van der Waals surface area contributed by atoms with Crippen molar-refractivity contribution in [2.24, 2.45) is 0 Å². The highest BCUT2D eigenvalue weighted by atomic mass is 35.5. The lowest BCUT2D eigenvalue weighted by Crippen LogP contribution is -2.16. The van der Waals surface area contributed by atoms with Gasteiger partial charge in [-0.25, -0.2) is 18.8 Å². The van der Waals surface area contributed by atoms with E-state index in [2.05, 4.69) is 24.8 Å². The van der Waals surface area contributed by atoms with E-state index in [1.54, 1.807) is 12.1 Å². The largest absolute Gasteiger partial charge is 0.573 e. The van der Waals surface area contributed by atoms with Crippen LogP contribution >= 0.6 is 23.1 Å². The summed E-state index contributed by atoms with van der Waals surface area (Å²) in [6.45, 7) is 0. The number of halogens is 4. The van der Waals surface area contributed by atoms with E-state index in [-0.39, 0.29) is 11.7 Å². The number of alkyl halides is 3. The maximum absolute atomic E-state index is 12.4. The standard InChI is InChI=1S/C17H10ClF3N4O3S/c1-27-14(26)8-2-5-12-11(6-8)22-15(25(12)18)24-16-23-10-4-3-9(7-13(10)29-16)28-17(19,20)21/h2-7H,1H3,(H,22,23,24). The van der Waals surface area contributed by atoms with Crippen LogP contribution in [0.3, 0.4) is 0 Å². The third-order valence-corrected chi connectivity index (χ3v) is 5.11. The normalized spacial score (nSPS) is 11.8. The Labute approximate surface area is 169 Å². The molecule has 150 valence electrons. The van der Waals surface area contributed by atoms with Crippen molar-refractivity contribution in [3.05, 3.63) is 42.0 Å². The van der Waals surface area contributed by atoms with Crippen molar-refractivity contribution in [1.82, 2.24) is 14.1 Å². The summed E-state index contributed by atoms with van der Waals surface area (Å²) in [5.41, 5.74) is 1.80. The van der Waals surface area contributed by atoms with Crippen LogP contribution in [0.1, 0.15) is 10.4 Å². The van der Waals surface area contributed by atoms with E-state index >= 15 is 0 Å². The number of ether oxygens (including phenoxy) is 2. The van der Waals surface area contributed by atoms with Gasteiger partial charge in [0.05, 0.1) is 33.9 Å². The molecule has 0 fully saturated rings. The fourth-order valence-electron chi connectivity index (χ4n) is 2.62. The lowest BCUT2D eigenvalue weighted by molar-refractivity contribution is -0.274. The Morgan fingerprint density at radius 1 is 1.17 bits per heavy atom. The number of nitrogens with one attached hydrogen (secondary N) is 1. The summed E-state index contributed by atoms with van der Waals surface area (Å²) in [7, 11) is 1.28. The second kappa shape index (κ2) is 7.08. The number of methoxy groups -OCH3 is 1. The van der Waals surface area contributed by atoms with Gasteiger partial charge >= 0.3 is 12.3 Å². The number of benzene rings is 2. The average molecular weight is 443 g/mol. The number of aromatic nitrogens is 3. The first-order chi connectivity index (χ1) is 13.7. The number of imidazole rings is 1. The minimum Gasteiger partial charge on any atom is -0.465 e. The number of carbonyl (C=O) groups excluding carboxylic acids is 1. The van der Waals surface area contributed by atoms with Gasteiger partial charge in [0.15, 0.2) is 5.13 Å². The molecule has 12 heteroatoms. The molecule has 0 unspecified atom stereocenters. The molecule has 7 nitrogen and oxygen atoms in total. The molecule has 0 aliphatic heterocycles. The van der Waals surface area contributed by atoms with Gasteiger partial charge in [0.1, 0.15) is 5.75 Å². The zero-order valence-corrected chi connectivity index (χ0v) is 16.0. The number of fused-ring (bicyclic) bond motifs is 2. The Balaban J connectivity index is 1.64. The maximum atomic E-state index is 12.4. The first-order valence-corrected chi connectivity index (χ1v) is 9.09. The highest BCUT2D eigenvalue weighted by Gasteiger charge is 2.31. The van der Waals surface area contributed by atoms with Gasteiger partial charge in [-0.2, -0.15) is 0 Å². The maximum Gasteiger partial charge on any atom is 0.573 e. The van der Waals surface area contributed by atoms with Gasteiger partial charge in [0.2, 0.25) is 5.95 Å². The van der Waals surface area contributed by atoms with E-state index < -0.39 is 12.3 Å². The molecule has 0 radical (unpaired) electrons. The van der Waals surface area contributed by atoms with Crippen molar-refractivity contribution in [3.8, 4) is 5.75 Å². The van der Waals surface area contributed by atoms with Crippen molar-refractivity contribution in [2.45, 2.75) is 6.36 Å². The third kappa shape index (κ3) is 3.91. The van der Waals surface area contributed by atoms with Crippen LogP contribution in [0.5, 0.6) is 5.75 Å². The van der Waals surface area contributed by atoms with Crippen LogP contribution in [0.15, 0.2) is 36.4 Å². The van der Waals surface area contributed by atoms with Crippen molar-refractivity contribution in [3.63, 3.8) is 0 Å². The second-order valence-corrected chi connectivity index (χ2v) is 7.10. The molecule has 0 aliphatic carbocycles. The van der Waals surface area contributed by atoms with Crippen LogP contribution < -0.4 is 10.1 Å². The average Bonchev–Trinajstić information content (AvgIpc) is 3.19. The zero-order valence-electron chi connectivity index (χ0n) is 14.5. The molecule has 2 aromatic carbocycles. The van der Waals surface area contributed by atoms with Gasteiger partial charge in [0, 0.05) is 17.8 Å². The number of nitrogens with zero attached hydrogens (tertiary/aromatic N) is 3. The topological polar surface area (TPSA) is 78.3 Å². The Bertz CT molecular complexity index is 1240. The molecule has 0 atom stereocenters. The summed E-state index contributed by atoms with van der Waals surface area (Å²) in [4.78, 5) is 20.3. The minimum absolute atomic E-state index is 0.231. The predicted molar refractivity (Wildman–Crippen MR) is 102 cm³/mol. The second-order valence-electron chi connectivity index (χ2n) is 5.73. The molecule has 0 saturated heterocycles. The Morgan fingerprint density at radius 3 is 2.69 bits per heavy atom. The SMILES string of the molecule is COC(=O)c1ccc2c(c1)nc(Nc1nc3ccc(OC(F)(F)F)cc3s1)n2Cl. The number of thiazole rings is 1. The summed E-state index contributed by atoms with van der Waals surface area (Å²) in [6, 6.07) is 8.56. The highest BCUT2D eigenvalue weighted by Crippen LogP contribution is 2.33. The van der Waals surface area contributed by atoms with Crippen LogP contribution in [0, 0.1) is 0 Å². The zero-order chi connectivity index (χ0) is 20.8. The van der Waals surface area contributed by atoms with Gasteiger partial charge in [0.25, 0.3) is 0 Å². The summed E-state index contributed by atoms with van der Waals surface area (Å²) in [5, 5.41) is 3.30. The third-order valence-electron chi connectivity index (χ3n) is 3.83. The van der Waals surface area contributed by atoms with Crippen molar-refractivity contribution in [1.29, 1.82) is 0 Å². The molecule has 0 amide bonds. The lowest BCUT2D eigenvalue weighted by atomic mass is 10.2. The molecule has 29 heavy (non-hydrogen) atoms. The van der Waals surface area contributed by atoms with E-state index in [9.17, 15) is 18.0 Å². The van der Waals surface area contributed by atoms with Crippen molar-refractivity contribution in [2.75, 3.05) is 12.4 Å². The predicted octanol–water partition coefficient (Wildman–Crippen LogP) is 5.08. The summed E-state index contributed by atoms with van der Waals surface area (Å²) < 4.78 is 47.5. The van der Waals surface area contributed by atoms with Gasteiger partial charge in [-0.05, 0) is 30.3 Å². The number of carbonyl (C=O) groups is 1. The van der Waals surface area contributed by atoms with Crippen LogP contribution in [0.2, 0.25) is 0 Å². The summed E-state index contributed by atoms with van der Waals surface area (Å²) in [6.07, 6.45) is -4.77. The number of esters is 1. The fraction of sp³-hybridized carbons (Fsp3) is 0.118. The minimum atomic E-state index is -4.77. The van der Waals surface area contributed by atoms with Gasteiger partial charge in [-0.3, -0.25) is 0 Å². The molecule has 2 heterocycles. The molecule has 0 saturated carbocycles. The smallest absolute Gasteiger partial charge is 0.465 e. The van der Waals surface area contributed by atoms with E-state index in [1.165, 1.54) is 35.5 Å². The Morgan fingerprint density at radius 2 is 1.97 bits per heavy atom. The first kappa shape index (κ1) is 19.3. The van der Waals surface area contributed by atoms with Gasteiger partial charge in [-0.1, -0.05) is 11.3 Å². The van der Waals surface area contributed by atoms with Crippen molar-refractivity contribution >= 4 is 61.4 Å². The first-order valence-electron chi connectivity index (χ1n) is 7.94. The van der Waals surface area contributed by atoms with E-state index in [0.717, 1.165) is 11.3 Å². The molecule has 4 rings (SSSR count). The number of anilines is 2. The van der Waals surface area contributed by atoms with Gasteiger partial charge < -0.3 is 14.8 Å². The number of rotatable bonds is 4. The molecular formula is C17H10ClF3N4O3S. The quantitative estimate of drug-likeness (QED) is 0.444. The van der Waals surface area contributed by atoms with Gasteiger partial charge in [-0.15, -0.1) is 13.2 Å². The molecule has 2 aromatic heterocycles. The molecule has 4 aromatic rings. The van der Waals surface area contributed by atoms with E-state index in [0.29, 0.717) is 31.9 Å².